The summed E-state index contributed by atoms with van der Waals surface area (Å²) in [5.74, 6) is 0.257. The van der Waals surface area contributed by atoms with Gasteiger partial charge in [0.25, 0.3) is 0 Å². The molecule has 0 unspecified atom stereocenters. The van der Waals surface area contributed by atoms with E-state index in [9.17, 15) is 4.79 Å². The van der Waals surface area contributed by atoms with Gasteiger partial charge in [0.05, 0.1) is 0 Å². The molecule has 3 nitrogen and oxygen atoms in total. The molecule has 0 aromatic heterocycles. The Balaban J connectivity index is 2.11. The van der Waals surface area contributed by atoms with Gasteiger partial charge in [-0.1, -0.05) is 12.1 Å². The fourth-order valence-corrected chi connectivity index (χ4v) is 2.08. The first kappa shape index (κ1) is 11.1. The molecule has 1 aromatic carbocycles. The van der Waals surface area contributed by atoms with Crippen LogP contribution in [0.5, 0.6) is 0 Å². The van der Waals surface area contributed by atoms with E-state index in [1.54, 1.807) is 0 Å². The number of benzene rings is 1. The lowest BCUT2D eigenvalue weighted by Gasteiger charge is -2.26. The summed E-state index contributed by atoms with van der Waals surface area (Å²) in [4.78, 5) is 13.6. The van der Waals surface area contributed by atoms with Crippen molar-refractivity contribution in [2.45, 2.75) is 25.8 Å². The van der Waals surface area contributed by atoms with Crippen molar-refractivity contribution in [2.75, 3.05) is 18.5 Å². The van der Waals surface area contributed by atoms with Crippen molar-refractivity contribution in [3.05, 3.63) is 29.8 Å². The highest BCUT2D eigenvalue weighted by molar-refractivity contribution is 5.93. The van der Waals surface area contributed by atoms with E-state index in [1.165, 1.54) is 5.56 Å². The number of anilines is 1. The van der Waals surface area contributed by atoms with Gasteiger partial charge in [-0.15, -0.1) is 0 Å². The molecular formula is C13H18N2O. The number of nitrogens with one attached hydrogen (secondary N) is 1. The van der Waals surface area contributed by atoms with E-state index >= 15 is 0 Å². The fraction of sp³-hybridized carbons (Fsp3) is 0.462. The Morgan fingerprint density at radius 1 is 1.25 bits per heavy atom. The van der Waals surface area contributed by atoms with Crippen molar-refractivity contribution in [1.82, 2.24) is 5.32 Å². The van der Waals surface area contributed by atoms with E-state index in [2.05, 4.69) is 17.4 Å². The largest absolute Gasteiger partial charge is 0.316 e. The zero-order chi connectivity index (χ0) is 11.4. The minimum atomic E-state index is 0.257. The third-order valence-corrected chi connectivity index (χ3v) is 2.95. The SMILES string of the molecule is CNCc1ccc(N2CCCCC2=O)cc1. The summed E-state index contributed by atoms with van der Waals surface area (Å²) < 4.78 is 0. The monoisotopic (exact) mass is 218 g/mol. The van der Waals surface area contributed by atoms with Crippen molar-refractivity contribution in [3.63, 3.8) is 0 Å². The highest BCUT2D eigenvalue weighted by Gasteiger charge is 2.18. The second-order valence-electron chi connectivity index (χ2n) is 4.20. The molecule has 1 heterocycles. The third-order valence-electron chi connectivity index (χ3n) is 2.95. The van der Waals surface area contributed by atoms with Crippen LogP contribution in [0.2, 0.25) is 0 Å². The smallest absolute Gasteiger partial charge is 0.226 e. The van der Waals surface area contributed by atoms with Crippen LogP contribution in [0.1, 0.15) is 24.8 Å². The van der Waals surface area contributed by atoms with Crippen molar-refractivity contribution < 1.29 is 4.79 Å². The van der Waals surface area contributed by atoms with Crippen LogP contribution in [0, 0.1) is 0 Å². The van der Waals surface area contributed by atoms with Gasteiger partial charge in [0.1, 0.15) is 0 Å². The number of hydrogen-bond donors (Lipinski definition) is 1. The van der Waals surface area contributed by atoms with Crippen LogP contribution in [0.15, 0.2) is 24.3 Å². The van der Waals surface area contributed by atoms with Crippen LogP contribution in [0.3, 0.4) is 0 Å². The molecule has 16 heavy (non-hydrogen) atoms. The Hall–Kier alpha value is -1.35. The molecule has 0 bridgehead atoms. The molecule has 86 valence electrons. The summed E-state index contributed by atoms with van der Waals surface area (Å²) >= 11 is 0. The topological polar surface area (TPSA) is 32.3 Å². The summed E-state index contributed by atoms with van der Waals surface area (Å²) in [6, 6.07) is 8.23. The first-order chi connectivity index (χ1) is 7.81. The maximum absolute atomic E-state index is 11.7. The molecule has 1 saturated heterocycles. The number of hydrogen-bond acceptors (Lipinski definition) is 2. The zero-order valence-electron chi connectivity index (χ0n) is 9.70. The van der Waals surface area contributed by atoms with Gasteiger partial charge in [0, 0.05) is 25.2 Å². The van der Waals surface area contributed by atoms with E-state index in [0.29, 0.717) is 6.42 Å². The molecule has 0 radical (unpaired) electrons. The van der Waals surface area contributed by atoms with Gasteiger partial charge < -0.3 is 10.2 Å². The summed E-state index contributed by atoms with van der Waals surface area (Å²) in [7, 11) is 1.93. The lowest BCUT2D eigenvalue weighted by atomic mass is 10.1. The summed E-state index contributed by atoms with van der Waals surface area (Å²) in [5, 5.41) is 3.11. The van der Waals surface area contributed by atoms with Crippen LogP contribution in [-0.2, 0) is 11.3 Å². The molecule has 0 aliphatic carbocycles. The molecular weight excluding hydrogens is 200 g/mol. The molecule has 0 atom stereocenters. The average molecular weight is 218 g/mol. The number of carbonyl (C=O) groups excluding carboxylic acids is 1. The van der Waals surface area contributed by atoms with E-state index < -0.39 is 0 Å². The highest BCUT2D eigenvalue weighted by atomic mass is 16.2. The third kappa shape index (κ3) is 2.42. The van der Waals surface area contributed by atoms with Gasteiger partial charge in [-0.2, -0.15) is 0 Å². The van der Waals surface area contributed by atoms with Crippen LogP contribution in [-0.4, -0.2) is 19.5 Å². The van der Waals surface area contributed by atoms with Gasteiger partial charge in [0.2, 0.25) is 5.91 Å². The van der Waals surface area contributed by atoms with E-state index in [1.807, 2.05) is 24.1 Å². The average Bonchev–Trinajstić information content (AvgIpc) is 2.31. The maximum atomic E-state index is 11.7. The van der Waals surface area contributed by atoms with E-state index in [-0.39, 0.29) is 5.91 Å². The molecule has 3 heteroatoms. The molecule has 1 N–H and O–H groups in total. The molecule has 0 saturated carbocycles. The van der Waals surface area contributed by atoms with E-state index in [4.69, 9.17) is 0 Å². The number of nitrogens with zero attached hydrogens (tertiary/aromatic N) is 1. The Labute approximate surface area is 96.5 Å². The normalized spacial score (nSPS) is 16.6. The molecule has 0 spiro atoms. The first-order valence-electron chi connectivity index (χ1n) is 5.85. The maximum Gasteiger partial charge on any atom is 0.226 e. The highest BCUT2D eigenvalue weighted by Crippen LogP contribution is 2.21. The Bertz CT molecular complexity index is 359. The summed E-state index contributed by atoms with van der Waals surface area (Å²) in [6.07, 6.45) is 2.84. The van der Waals surface area contributed by atoms with Crippen molar-refractivity contribution >= 4 is 11.6 Å². The lowest BCUT2D eigenvalue weighted by Crippen LogP contribution is -2.35. The minimum absolute atomic E-state index is 0.257. The fourth-order valence-electron chi connectivity index (χ4n) is 2.08. The van der Waals surface area contributed by atoms with Gasteiger partial charge in [-0.05, 0) is 37.6 Å². The Kier molecular flexibility index (Phi) is 3.57. The molecule has 1 aliphatic heterocycles. The lowest BCUT2D eigenvalue weighted by molar-refractivity contribution is -0.119. The zero-order valence-corrected chi connectivity index (χ0v) is 9.70. The van der Waals surface area contributed by atoms with Gasteiger partial charge in [0.15, 0.2) is 0 Å². The van der Waals surface area contributed by atoms with Crippen molar-refractivity contribution in [3.8, 4) is 0 Å². The quantitative estimate of drug-likeness (QED) is 0.840. The van der Waals surface area contributed by atoms with Gasteiger partial charge in [-0.25, -0.2) is 0 Å². The first-order valence-corrected chi connectivity index (χ1v) is 5.85. The number of piperidine rings is 1. The number of carbonyl (C=O) groups is 1. The van der Waals surface area contributed by atoms with Crippen LogP contribution in [0.25, 0.3) is 0 Å². The molecule has 1 aromatic rings. The predicted molar refractivity (Wildman–Crippen MR) is 65.4 cm³/mol. The summed E-state index contributed by atoms with van der Waals surface area (Å²) in [6.45, 7) is 1.73. The van der Waals surface area contributed by atoms with E-state index in [0.717, 1.165) is 31.6 Å². The van der Waals surface area contributed by atoms with Crippen LogP contribution >= 0.6 is 0 Å². The number of rotatable bonds is 3. The second kappa shape index (κ2) is 5.12. The predicted octanol–water partition coefficient (Wildman–Crippen LogP) is 1.92. The standard InChI is InChI=1S/C13H18N2O/c1-14-10-11-5-7-12(8-6-11)15-9-3-2-4-13(15)16/h5-8,14H,2-4,9-10H2,1H3. The van der Waals surface area contributed by atoms with Gasteiger partial charge in [-0.3, -0.25) is 4.79 Å². The number of amides is 1. The van der Waals surface area contributed by atoms with Crippen LogP contribution in [0.4, 0.5) is 5.69 Å². The van der Waals surface area contributed by atoms with Crippen LogP contribution < -0.4 is 10.2 Å². The second-order valence-corrected chi connectivity index (χ2v) is 4.20. The Morgan fingerprint density at radius 2 is 2.00 bits per heavy atom. The van der Waals surface area contributed by atoms with Crippen molar-refractivity contribution in [2.24, 2.45) is 0 Å². The van der Waals surface area contributed by atoms with Gasteiger partial charge >= 0.3 is 0 Å². The molecule has 2 rings (SSSR count). The molecule has 1 amide bonds. The van der Waals surface area contributed by atoms with Crippen molar-refractivity contribution in [1.29, 1.82) is 0 Å². The summed E-state index contributed by atoms with van der Waals surface area (Å²) in [5.41, 5.74) is 2.28. The Morgan fingerprint density at radius 3 is 2.62 bits per heavy atom. The molecule has 1 aliphatic rings. The minimum Gasteiger partial charge on any atom is -0.316 e. The molecule has 1 fully saturated rings.